The number of aryl methyl sites for hydroxylation is 1. The summed E-state index contributed by atoms with van der Waals surface area (Å²) >= 11 is 0. The van der Waals surface area contributed by atoms with Crippen molar-refractivity contribution in [1.29, 1.82) is 0 Å². The zero-order chi connectivity index (χ0) is 29.0. The van der Waals surface area contributed by atoms with E-state index in [4.69, 9.17) is 0 Å². The fourth-order valence-corrected chi connectivity index (χ4v) is 3.84. The van der Waals surface area contributed by atoms with E-state index in [1.165, 1.54) is 12.4 Å². The van der Waals surface area contributed by atoms with Crippen LogP contribution in [0, 0.1) is 6.92 Å². The Morgan fingerprint density at radius 2 is 1.77 bits per heavy atom. The van der Waals surface area contributed by atoms with E-state index in [-0.39, 0.29) is 11.3 Å². The van der Waals surface area contributed by atoms with Crippen molar-refractivity contribution in [1.82, 2.24) is 24.8 Å². The molecule has 0 saturated heterocycles. The van der Waals surface area contributed by atoms with Gasteiger partial charge in [-0.25, -0.2) is 19.9 Å². The lowest BCUT2D eigenvalue weighted by Gasteiger charge is -2.23. The molecular formula is C27H30F3N9O. The molecule has 13 heteroatoms. The van der Waals surface area contributed by atoms with Crippen LogP contribution in [0.5, 0.6) is 0 Å². The summed E-state index contributed by atoms with van der Waals surface area (Å²) in [4.78, 5) is 33.9. The fourth-order valence-electron chi connectivity index (χ4n) is 3.84. The number of likely N-dealkylation sites (N-methyl/N-ethyl adjacent to an activating group) is 2. The Morgan fingerprint density at radius 3 is 2.48 bits per heavy atom. The predicted molar refractivity (Wildman–Crippen MR) is 150 cm³/mol. The number of alkyl halides is 3. The van der Waals surface area contributed by atoms with Gasteiger partial charge in [0.25, 0.3) is 5.91 Å². The summed E-state index contributed by atoms with van der Waals surface area (Å²) in [6.07, 6.45) is -1.63. The monoisotopic (exact) mass is 553 g/mol. The zero-order valence-electron chi connectivity index (χ0n) is 22.8. The first-order valence-corrected chi connectivity index (χ1v) is 12.4. The van der Waals surface area contributed by atoms with Crippen molar-refractivity contribution < 1.29 is 18.0 Å². The summed E-state index contributed by atoms with van der Waals surface area (Å²) < 4.78 is 41.0. The first-order valence-electron chi connectivity index (χ1n) is 12.4. The van der Waals surface area contributed by atoms with E-state index in [1.807, 2.05) is 25.9 Å². The molecule has 4 aromatic rings. The third-order valence-electron chi connectivity index (χ3n) is 6.18. The second kappa shape index (κ2) is 11.7. The van der Waals surface area contributed by atoms with Gasteiger partial charge in [0.05, 0.1) is 11.8 Å². The fraction of sp³-hybridized carbons (Fsp3) is 0.296. The normalized spacial score (nSPS) is 11.5. The van der Waals surface area contributed by atoms with Crippen LogP contribution in [0.25, 0.3) is 11.0 Å². The number of amides is 1. The highest BCUT2D eigenvalue weighted by Gasteiger charge is 2.32. The van der Waals surface area contributed by atoms with Crippen LogP contribution < -0.4 is 20.9 Å². The van der Waals surface area contributed by atoms with Crippen LogP contribution >= 0.6 is 0 Å². The van der Waals surface area contributed by atoms with Crippen molar-refractivity contribution in [3.8, 4) is 0 Å². The molecule has 0 radical (unpaired) electrons. The number of carbonyl (C=O) groups is 1. The van der Waals surface area contributed by atoms with Crippen molar-refractivity contribution >= 4 is 45.8 Å². The number of hydrogen-bond acceptors (Lipinski definition) is 9. The second-order valence-corrected chi connectivity index (χ2v) is 9.50. The first kappa shape index (κ1) is 28.5. The average Bonchev–Trinajstić information content (AvgIpc) is 2.92. The molecule has 40 heavy (non-hydrogen) atoms. The number of nitrogens with zero attached hydrogens (tertiary/aromatic N) is 6. The maximum absolute atomic E-state index is 13.7. The number of anilines is 5. The van der Waals surface area contributed by atoms with E-state index in [9.17, 15) is 18.0 Å². The van der Waals surface area contributed by atoms with Crippen molar-refractivity contribution in [2.75, 3.05) is 62.1 Å². The molecule has 0 unspecified atom stereocenters. The van der Waals surface area contributed by atoms with Gasteiger partial charge in [-0.2, -0.15) is 13.2 Å². The van der Waals surface area contributed by atoms with Crippen LogP contribution in [0.2, 0.25) is 0 Å². The molecule has 0 fully saturated rings. The molecule has 2 heterocycles. The lowest BCUT2D eigenvalue weighted by atomic mass is 10.1. The van der Waals surface area contributed by atoms with E-state index < -0.39 is 17.6 Å². The number of nitrogens with one attached hydrogen (secondary N) is 3. The number of rotatable bonds is 9. The Labute approximate surface area is 229 Å². The zero-order valence-corrected chi connectivity index (χ0v) is 22.8. The molecule has 1 amide bonds. The van der Waals surface area contributed by atoms with Crippen LogP contribution in [0.3, 0.4) is 0 Å². The van der Waals surface area contributed by atoms with Crippen molar-refractivity contribution in [2.24, 2.45) is 0 Å². The number of hydrogen-bond donors (Lipinski definition) is 3. The van der Waals surface area contributed by atoms with Gasteiger partial charge in [0.1, 0.15) is 17.4 Å². The summed E-state index contributed by atoms with van der Waals surface area (Å²) in [7, 11) is 7.18. The van der Waals surface area contributed by atoms with Crippen LogP contribution in [0.15, 0.2) is 48.9 Å². The highest BCUT2D eigenvalue weighted by molar-refractivity contribution is 6.05. The molecule has 2 aromatic carbocycles. The number of halogens is 3. The van der Waals surface area contributed by atoms with Crippen molar-refractivity contribution in [3.63, 3.8) is 0 Å². The van der Waals surface area contributed by atoms with Gasteiger partial charge in [0.2, 0.25) is 5.95 Å². The maximum atomic E-state index is 13.7. The van der Waals surface area contributed by atoms with E-state index in [0.717, 1.165) is 17.7 Å². The van der Waals surface area contributed by atoms with Gasteiger partial charge in [-0.3, -0.25) is 4.79 Å². The summed E-state index contributed by atoms with van der Waals surface area (Å²) in [6, 6.07) is 8.49. The lowest BCUT2D eigenvalue weighted by Crippen LogP contribution is -2.28. The number of benzene rings is 2. The summed E-state index contributed by atoms with van der Waals surface area (Å²) in [5.74, 6) is 0.243. The van der Waals surface area contributed by atoms with Crippen LogP contribution in [0.1, 0.15) is 21.5 Å². The molecule has 2 aromatic heterocycles. The van der Waals surface area contributed by atoms with Gasteiger partial charge >= 0.3 is 6.18 Å². The minimum atomic E-state index is -4.57. The molecule has 0 aliphatic rings. The summed E-state index contributed by atoms with van der Waals surface area (Å²) in [5.41, 5.74) is 2.18. The van der Waals surface area contributed by atoms with Crippen molar-refractivity contribution in [3.05, 3.63) is 65.6 Å². The summed E-state index contributed by atoms with van der Waals surface area (Å²) in [6.45, 7) is 3.01. The topological polar surface area (TPSA) is 111 Å². The molecule has 3 N–H and O–H groups in total. The molecule has 210 valence electrons. The van der Waals surface area contributed by atoms with Gasteiger partial charge in [-0.05, 0) is 56.9 Å². The minimum absolute atomic E-state index is 0.0414. The summed E-state index contributed by atoms with van der Waals surface area (Å²) in [5, 5.41) is 8.69. The van der Waals surface area contributed by atoms with E-state index >= 15 is 0 Å². The lowest BCUT2D eigenvalue weighted by molar-refractivity contribution is -0.137. The van der Waals surface area contributed by atoms with Crippen LogP contribution in [-0.2, 0) is 6.18 Å². The van der Waals surface area contributed by atoms with E-state index in [0.29, 0.717) is 47.3 Å². The molecule has 0 aliphatic carbocycles. The maximum Gasteiger partial charge on any atom is 0.416 e. The predicted octanol–water partition coefficient (Wildman–Crippen LogP) is 4.78. The van der Waals surface area contributed by atoms with Crippen LogP contribution in [-0.4, -0.2) is 72.0 Å². The molecule has 0 saturated carbocycles. The third kappa shape index (κ3) is 6.72. The quantitative estimate of drug-likeness (QED) is 0.270. The average molecular weight is 554 g/mol. The largest absolute Gasteiger partial charge is 0.416 e. The molecule has 0 aliphatic heterocycles. The molecule has 0 bridgehead atoms. The van der Waals surface area contributed by atoms with Crippen LogP contribution in [0.4, 0.5) is 42.0 Å². The number of aromatic nitrogens is 4. The Morgan fingerprint density at radius 1 is 1.00 bits per heavy atom. The number of fused-ring (bicyclic) bond motifs is 1. The highest BCUT2D eigenvalue weighted by atomic mass is 19.4. The highest BCUT2D eigenvalue weighted by Crippen LogP contribution is 2.34. The van der Waals surface area contributed by atoms with Gasteiger partial charge in [0, 0.05) is 49.8 Å². The van der Waals surface area contributed by atoms with Gasteiger partial charge in [-0.1, -0.05) is 6.07 Å². The van der Waals surface area contributed by atoms with Gasteiger partial charge < -0.3 is 25.8 Å². The Balaban J connectivity index is 1.62. The first-order chi connectivity index (χ1) is 18.9. The Bertz CT molecular complexity index is 1530. The second-order valence-electron chi connectivity index (χ2n) is 9.50. The molecule has 4 rings (SSSR count). The van der Waals surface area contributed by atoms with E-state index in [1.54, 1.807) is 43.4 Å². The Kier molecular flexibility index (Phi) is 8.33. The standard InChI is InChI=1S/C27H30F3N9O/c1-16-6-7-17(10-21(16)36-24-23-22(33-15-34-24)14-32-26(31-2)37-23)25(40)35-19-11-18(27(28,29)30)12-20(13-19)39(5)9-8-38(3)4/h6-7,10-15H,8-9H2,1-5H3,(H,35,40)(H,31,32,37)(H,33,34,36). The molecular weight excluding hydrogens is 523 g/mol. The van der Waals surface area contributed by atoms with Crippen molar-refractivity contribution in [2.45, 2.75) is 13.1 Å². The molecule has 0 atom stereocenters. The number of carbonyl (C=O) groups excluding carboxylic acids is 1. The smallest absolute Gasteiger partial charge is 0.373 e. The van der Waals surface area contributed by atoms with Gasteiger partial charge in [-0.15, -0.1) is 0 Å². The SMILES string of the molecule is CNc1ncc2ncnc(Nc3cc(C(=O)Nc4cc(N(C)CCN(C)C)cc(C(F)(F)F)c4)ccc3C)c2n1. The minimum Gasteiger partial charge on any atom is -0.373 e. The Hall–Kier alpha value is -4.52. The molecule has 0 spiro atoms. The van der Waals surface area contributed by atoms with Gasteiger partial charge in [0.15, 0.2) is 5.82 Å². The molecule has 10 nitrogen and oxygen atoms in total. The third-order valence-corrected chi connectivity index (χ3v) is 6.18. The van der Waals surface area contributed by atoms with E-state index in [2.05, 4.69) is 35.9 Å².